The monoisotopic (exact) mass is 139 g/mol. The molecule has 0 aliphatic heterocycles. The van der Waals surface area contributed by atoms with Crippen LogP contribution in [-0.4, -0.2) is 4.98 Å². The Hall–Kier alpha value is -0.630. The van der Waals surface area contributed by atoms with Crippen molar-refractivity contribution in [2.45, 2.75) is 13.3 Å². The molecule has 0 radical (unpaired) electrons. The highest BCUT2D eigenvalue weighted by atomic mass is 32.1. The average Bonchev–Trinajstić information content (AvgIpc) is 1.89. The van der Waals surface area contributed by atoms with Crippen molar-refractivity contribution >= 4 is 12.2 Å². The lowest BCUT2D eigenvalue weighted by molar-refractivity contribution is 1.10. The van der Waals surface area contributed by atoms with Crippen LogP contribution in [0.3, 0.4) is 0 Å². The molecule has 1 aromatic rings. The first-order valence-electron chi connectivity index (χ1n) is 3.00. The van der Waals surface area contributed by atoms with E-state index in [4.69, 9.17) is 12.2 Å². The molecule has 1 N–H and O–H groups in total. The van der Waals surface area contributed by atoms with E-state index >= 15 is 0 Å². The van der Waals surface area contributed by atoms with Gasteiger partial charge < -0.3 is 4.98 Å². The third-order valence-corrected chi connectivity index (χ3v) is 1.68. The normalized spacial score (nSPS) is 9.44. The molecule has 0 aliphatic rings. The summed E-state index contributed by atoms with van der Waals surface area (Å²) in [5, 5.41) is 0. The summed E-state index contributed by atoms with van der Waals surface area (Å²) >= 11 is 5.03. The van der Waals surface area contributed by atoms with Crippen LogP contribution in [-0.2, 0) is 6.42 Å². The van der Waals surface area contributed by atoms with Gasteiger partial charge in [-0.15, -0.1) is 0 Å². The number of aryl methyl sites for hydroxylation is 1. The molecule has 0 bridgehead atoms. The lowest BCUT2D eigenvalue weighted by atomic mass is 10.2. The smallest absolute Gasteiger partial charge is 0.0437 e. The molecule has 9 heavy (non-hydrogen) atoms. The molecule has 1 nitrogen and oxygen atoms in total. The zero-order valence-electron chi connectivity index (χ0n) is 5.35. The van der Waals surface area contributed by atoms with E-state index in [1.165, 1.54) is 5.56 Å². The average molecular weight is 139 g/mol. The summed E-state index contributed by atoms with van der Waals surface area (Å²) in [6.07, 6.45) is 4.81. The fourth-order valence-electron chi connectivity index (χ4n) is 0.727. The minimum Gasteiger partial charge on any atom is -0.367 e. The van der Waals surface area contributed by atoms with E-state index in [9.17, 15) is 0 Å². The molecule has 0 saturated heterocycles. The van der Waals surface area contributed by atoms with Crippen LogP contribution >= 0.6 is 12.2 Å². The van der Waals surface area contributed by atoms with Gasteiger partial charge in [-0.1, -0.05) is 19.1 Å². The van der Waals surface area contributed by atoms with Gasteiger partial charge in [-0.2, -0.15) is 0 Å². The van der Waals surface area contributed by atoms with E-state index in [2.05, 4.69) is 11.9 Å². The number of hydrogen-bond donors (Lipinski definition) is 1. The number of H-pyrrole nitrogens is 1. The van der Waals surface area contributed by atoms with Gasteiger partial charge in [-0.25, -0.2) is 0 Å². The van der Waals surface area contributed by atoms with Crippen LogP contribution in [0.25, 0.3) is 0 Å². The molecule has 1 aromatic heterocycles. The van der Waals surface area contributed by atoms with E-state index < -0.39 is 0 Å². The third-order valence-electron chi connectivity index (χ3n) is 1.29. The molecular formula is C7H9NS. The molecule has 2 heteroatoms. The van der Waals surface area contributed by atoms with E-state index in [0.717, 1.165) is 10.9 Å². The van der Waals surface area contributed by atoms with Gasteiger partial charge in [0.2, 0.25) is 0 Å². The van der Waals surface area contributed by atoms with Crippen molar-refractivity contribution in [3.05, 3.63) is 28.5 Å². The Kier molecular flexibility index (Phi) is 2.01. The van der Waals surface area contributed by atoms with E-state index in [1.54, 1.807) is 0 Å². The van der Waals surface area contributed by atoms with Crippen LogP contribution in [0.1, 0.15) is 12.5 Å². The van der Waals surface area contributed by atoms with Crippen molar-refractivity contribution in [2.75, 3.05) is 0 Å². The molecule has 1 rings (SSSR count). The van der Waals surface area contributed by atoms with E-state index in [-0.39, 0.29) is 0 Å². The van der Waals surface area contributed by atoms with Crippen molar-refractivity contribution in [2.24, 2.45) is 0 Å². The van der Waals surface area contributed by atoms with Crippen molar-refractivity contribution in [3.63, 3.8) is 0 Å². The molecule has 0 aliphatic carbocycles. The maximum atomic E-state index is 5.03. The highest BCUT2D eigenvalue weighted by Crippen LogP contribution is 1.99. The summed E-state index contributed by atoms with van der Waals surface area (Å²) in [6, 6.07) is 1.91. The van der Waals surface area contributed by atoms with Gasteiger partial charge in [0, 0.05) is 16.9 Å². The molecule has 0 aromatic carbocycles. The summed E-state index contributed by atoms with van der Waals surface area (Å²) in [5.74, 6) is 0. The first kappa shape index (κ1) is 6.49. The Bertz CT molecular complexity index is 239. The van der Waals surface area contributed by atoms with Crippen molar-refractivity contribution in [1.82, 2.24) is 4.98 Å². The summed E-state index contributed by atoms with van der Waals surface area (Å²) in [6.45, 7) is 2.10. The Morgan fingerprint density at radius 2 is 2.44 bits per heavy atom. The Balaban J connectivity index is 3.16. The van der Waals surface area contributed by atoms with Crippen LogP contribution in [0.4, 0.5) is 0 Å². The molecule has 0 saturated carbocycles. The van der Waals surface area contributed by atoms with Gasteiger partial charge in [0.05, 0.1) is 0 Å². The van der Waals surface area contributed by atoms with Crippen molar-refractivity contribution < 1.29 is 0 Å². The molecule has 0 fully saturated rings. The van der Waals surface area contributed by atoms with Gasteiger partial charge >= 0.3 is 0 Å². The fourth-order valence-corrected chi connectivity index (χ4v) is 0.998. The topological polar surface area (TPSA) is 15.8 Å². The molecule has 0 unspecified atom stereocenters. The lowest BCUT2D eigenvalue weighted by Crippen LogP contribution is -1.81. The van der Waals surface area contributed by atoms with Gasteiger partial charge in [-0.3, -0.25) is 0 Å². The van der Waals surface area contributed by atoms with E-state index in [1.807, 2.05) is 18.5 Å². The van der Waals surface area contributed by atoms with Crippen LogP contribution < -0.4 is 0 Å². The predicted octanol–water partition coefficient (Wildman–Crippen LogP) is 2.31. The summed E-state index contributed by atoms with van der Waals surface area (Å²) in [7, 11) is 0. The number of hydrogen-bond acceptors (Lipinski definition) is 1. The second kappa shape index (κ2) is 2.78. The third kappa shape index (κ3) is 1.39. The highest BCUT2D eigenvalue weighted by molar-refractivity contribution is 7.71. The summed E-state index contributed by atoms with van der Waals surface area (Å²) in [4.78, 5) is 2.99. The molecule has 48 valence electrons. The minimum absolute atomic E-state index is 0.955. The zero-order valence-corrected chi connectivity index (χ0v) is 6.16. The van der Waals surface area contributed by atoms with E-state index in [0.29, 0.717) is 0 Å². The summed E-state index contributed by atoms with van der Waals surface area (Å²) in [5.41, 5.74) is 1.22. The molecule has 0 atom stereocenters. The fraction of sp³-hybridized carbons (Fsp3) is 0.286. The standard InChI is InChI=1S/C7H9NS/c1-2-6-5-8-4-3-7(6)9/h3-5H,2H2,1H3,(H,8,9). The Labute approximate surface area is 59.7 Å². The molecule has 1 heterocycles. The lowest BCUT2D eigenvalue weighted by Gasteiger charge is -1.92. The second-order valence-electron chi connectivity index (χ2n) is 1.89. The Morgan fingerprint density at radius 1 is 1.67 bits per heavy atom. The van der Waals surface area contributed by atoms with Crippen LogP contribution in [0.15, 0.2) is 18.5 Å². The minimum atomic E-state index is 0.955. The first-order chi connectivity index (χ1) is 4.34. The first-order valence-corrected chi connectivity index (χ1v) is 3.41. The summed E-state index contributed by atoms with van der Waals surface area (Å²) < 4.78 is 0.955. The molecular weight excluding hydrogens is 130 g/mol. The highest BCUT2D eigenvalue weighted by Gasteiger charge is 1.86. The zero-order chi connectivity index (χ0) is 6.69. The number of rotatable bonds is 1. The molecule has 0 amide bonds. The number of pyridine rings is 1. The van der Waals surface area contributed by atoms with Crippen LogP contribution in [0.5, 0.6) is 0 Å². The van der Waals surface area contributed by atoms with Crippen LogP contribution in [0, 0.1) is 4.51 Å². The largest absolute Gasteiger partial charge is 0.367 e. The van der Waals surface area contributed by atoms with Crippen molar-refractivity contribution in [3.8, 4) is 0 Å². The maximum absolute atomic E-state index is 5.03. The Morgan fingerprint density at radius 3 is 2.89 bits per heavy atom. The van der Waals surface area contributed by atoms with Gasteiger partial charge in [0.25, 0.3) is 0 Å². The number of aromatic amines is 1. The van der Waals surface area contributed by atoms with Crippen LogP contribution in [0.2, 0.25) is 0 Å². The molecule has 0 spiro atoms. The van der Waals surface area contributed by atoms with Gasteiger partial charge in [0.15, 0.2) is 0 Å². The number of nitrogens with one attached hydrogen (secondary N) is 1. The SMILES string of the molecule is CCc1c[nH]ccc1=S. The quantitative estimate of drug-likeness (QED) is 0.590. The number of aromatic nitrogens is 1. The second-order valence-corrected chi connectivity index (χ2v) is 2.33. The van der Waals surface area contributed by atoms with Gasteiger partial charge in [0.1, 0.15) is 0 Å². The predicted molar refractivity (Wildman–Crippen MR) is 41.0 cm³/mol. The van der Waals surface area contributed by atoms with Gasteiger partial charge in [-0.05, 0) is 18.1 Å². The van der Waals surface area contributed by atoms with Crippen molar-refractivity contribution in [1.29, 1.82) is 0 Å². The maximum Gasteiger partial charge on any atom is 0.0437 e.